The van der Waals surface area contributed by atoms with Gasteiger partial charge in [-0.25, -0.2) is 9.97 Å². The lowest BCUT2D eigenvalue weighted by Crippen LogP contribution is -2.25. The fourth-order valence-electron chi connectivity index (χ4n) is 1.26. The fourth-order valence-corrected chi connectivity index (χ4v) is 1.26. The maximum atomic E-state index is 11.5. The average Bonchev–Trinajstić information content (AvgIpc) is 2.25. The molecule has 0 aliphatic heterocycles. The molecule has 5 heteroatoms. The van der Waals surface area contributed by atoms with Crippen molar-refractivity contribution in [2.45, 2.75) is 26.7 Å². The van der Waals surface area contributed by atoms with E-state index in [1.807, 2.05) is 0 Å². The number of nitrogens with two attached hydrogens (primary N) is 1. The molecule has 88 valence electrons. The first-order valence-corrected chi connectivity index (χ1v) is 5.45. The third kappa shape index (κ3) is 4.25. The smallest absolute Gasteiger partial charge is 0.271 e. The highest BCUT2D eigenvalue weighted by Crippen LogP contribution is 2.02. The van der Waals surface area contributed by atoms with E-state index in [9.17, 15) is 4.79 Å². The van der Waals surface area contributed by atoms with Gasteiger partial charge < -0.3 is 11.1 Å². The highest BCUT2D eigenvalue weighted by Gasteiger charge is 2.06. The van der Waals surface area contributed by atoms with Crippen LogP contribution >= 0.6 is 0 Å². The first kappa shape index (κ1) is 12.4. The molecule has 0 fully saturated rings. The topological polar surface area (TPSA) is 80.9 Å². The van der Waals surface area contributed by atoms with Gasteiger partial charge >= 0.3 is 0 Å². The molecule has 3 N–H and O–H groups in total. The Hall–Kier alpha value is -1.65. The summed E-state index contributed by atoms with van der Waals surface area (Å²) in [5.41, 5.74) is 5.68. The van der Waals surface area contributed by atoms with E-state index in [1.54, 1.807) is 0 Å². The van der Waals surface area contributed by atoms with E-state index in [-0.39, 0.29) is 5.91 Å². The number of aromatic nitrogens is 2. The van der Waals surface area contributed by atoms with Crippen LogP contribution in [-0.2, 0) is 0 Å². The lowest BCUT2D eigenvalue weighted by molar-refractivity contribution is 0.0947. The highest BCUT2D eigenvalue weighted by atomic mass is 16.1. The van der Waals surface area contributed by atoms with Crippen molar-refractivity contribution in [3.05, 3.63) is 18.1 Å². The molecule has 0 saturated heterocycles. The number of carbonyl (C=O) groups is 1. The molecule has 1 aromatic rings. The summed E-state index contributed by atoms with van der Waals surface area (Å²) in [4.78, 5) is 19.2. The van der Waals surface area contributed by atoms with E-state index in [0.717, 1.165) is 12.8 Å². The Morgan fingerprint density at radius 3 is 2.75 bits per heavy atom. The number of anilines is 1. The SMILES string of the molecule is CC(C)CCCNC(=O)c1cnc(N)cn1. The Kier molecular flexibility index (Phi) is 4.69. The third-order valence-electron chi connectivity index (χ3n) is 2.15. The fraction of sp³-hybridized carbons (Fsp3) is 0.545. The van der Waals surface area contributed by atoms with Gasteiger partial charge in [-0.1, -0.05) is 13.8 Å². The Balaban J connectivity index is 2.32. The average molecular weight is 222 g/mol. The Labute approximate surface area is 95.5 Å². The van der Waals surface area contributed by atoms with Gasteiger partial charge in [0.05, 0.1) is 12.4 Å². The van der Waals surface area contributed by atoms with E-state index in [4.69, 9.17) is 5.73 Å². The molecule has 0 aliphatic rings. The molecular weight excluding hydrogens is 204 g/mol. The van der Waals surface area contributed by atoms with Crippen molar-refractivity contribution < 1.29 is 4.79 Å². The number of nitrogen functional groups attached to an aromatic ring is 1. The summed E-state index contributed by atoms with van der Waals surface area (Å²) in [5.74, 6) is 0.779. The van der Waals surface area contributed by atoms with Crippen LogP contribution in [0, 0.1) is 5.92 Å². The molecule has 1 heterocycles. The second kappa shape index (κ2) is 6.05. The molecule has 5 nitrogen and oxygen atoms in total. The van der Waals surface area contributed by atoms with Gasteiger partial charge in [0.25, 0.3) is 5.91 Å². The molecule has 0 unspecified atom stereocenters. The molecule has 0 aromatic carbocycles. The highest BCUT2D eigenvalue weighted by molar-refractivity contribution is 5.91. The van der Waals surface area contributed by atoms with Gasteiger partial charge in [-0.2, -0.15) is 0 Å². The summed E-state index contributed by atoms with van der Waals surface area (Å²) >= 11 is 0. The van der Waals surface area contributed by atoms with Crippen LogP contribution in [0.25, 0.3) is 0 Å². The molecule has 0 aliphatic carbocycles. The second-order valence-corrected chi connectivity index (χ2v) is 4.12. The van der Waals surface area contributed by atoms with Crippen LogP contribution < -0.4 is 11.1 Å². The molecule has 0 radical (unpaired) electrons. The molecule has 0 spiro atoms. The van der Waals surface area contributed by atoms with Crippen molar-refractivity contribution in [3.63, 3.8) is 0 Å². The quantitative estimate of drug-likeness (QED) is 0.734. The van der Waals surface area contributed by atoms with E-state index in [0.29, 0.717) is 24.0 Å². The first-order valence-electron chi connectivity index (χ1n) is 5.45. The number of rotatable bonds is 5. The Bertz CT molecular complexity index is 334. The number of hydrogen-bond donors (Lipinski definition) is 2. The van der Waals surface area contributed by atoms with Crippen LogP contribution in [0.1, 0.15) is 37.2 Å². The van der Waals surface area contributed by atoms with Gasteiger partial charge in [-0.15, -0.1) is 0 Å². The number of nitrogens with zero attached hydrogens (tertiary/aromatic N) is 2. The van der Waals surface area contributed by atoms with Gasteiger partial charge in [0, 0.05) is 6.54 Å². The zero-order valence-corrected chi connectivity index (χ0v) is 9.73. The molecule has 1 aromatic heterocycles. The van der Waals surface area contributed by atoms with Gasteiger partial charge in [0.1, 0.15) is 11.5 Å². The number of amides is 1. The maximum absolute atomic E-state index is 11.5. The van der Waals surface area contributed by atoms with E-state index >= 15 is 0 Å². The zero-order chi connectivity index (χ0) is 12.0. The Morgan fingerprint density at radius 1 is 1.44 bits per heavy atom. The molecular formula is C11H18N4O. The monoisotopic (exact) mass is 222 g/mol. The summed E-state index contributed by atoms with van der Waals surface area (Å²) in [6.45, 7) is 4.99. The van der Waals surface area contributed by atoms with Crippen molar-refractivity contribution in [2.75, 3.05) is 12.3 Å². The minimum Gasteiger partial charge on any atom is -0.382 e. The van der Waals surface area contributed by atoms with Gasteiger partial charge in [-0.3, -0.25) is 4.79 Å². The predicted octanol–water partition coefficient (Wildman–Crippen LogP) is 1.22. The zero-order valence-electron chi connectivity index (χ0n) is 9.73. The van der Waals surface area contributed by atoms with Crippen molar-refractivity contribution in [3.8, 4) is 0 Å². The Morgan fingerprint density at radius 2 is 2.19 bits per heavy atom. The maximum Gasteiger partial charge on any atom is 0.271 e. The van der Waals surface area contributed by atoms with Crippen molar-refractivity contribution in [1.29, 1.82) is 0 Å². The lowest BCUT2D eigenvalue weighted by Gasteiger charge is -2.06. The summed E-state index contributed by atoms with van der Waals surface area (Å²) in [7, 11) is 0. The van der Waals surface area contributed by atoms with Crippen LogP contribution in [0.2, 0.25) is 0 Å². The molecule has 1 rings (SSSR count). The van der Waals surface area contributed by atoms with E-state index in [2.05, 4.69) is 29.1 Å². The molecule has 16 heavy (non-hydrogen) atoms. The first-order chi connectivity index (χ1) is 7.59. The van der Waals surface area contributed by atoms with Gasteiger partial charge in [-0.05, 0) is 18.8 Å². The third-order valence-corrected chi connectivity index (χ3v) is 2.15. The van der Waals surface area contributed by atoms with E-state index < -0.39 is 0 Å². The molecule has 0 bridgehead atoms. The molecule has 1 amide bonds. The molecule has 0 atom stereocenters. The van der Waals surface area contributed by atoms with Crippen LogP contribution in [0.15, 0.2) is 12.4 Å². The van der Waals surface area contributed by atoms with Crippen LogP contribution in [-0.4, -0.2) is 22.4 Å². The van der Waals surface area contributed by atoms with Gasteiger partial charge in [0.15, 0.2) is 0 Å². The van der Waals surface area contributed by atoms with Crippen LogP contribution in [0.4, 0.5) is 5.82 Å². The molecule has 0 saturated carbocycles. The standard InChI is InChI=1S/C11H18N4O/c1-8(2)4-3-5-13-11(16)9-6-15-10(12)7-14-9/h6-8H,3-5H2,1-2H3,(H2,12,15)(H,13,16). The minimum absolute atomic E-state index is 0.198. The summed E-state index contributed by atoms with van der Waals surface area (Å²) in [6, 6.07) is 0. The van der Waals surface area contributed by atoms with Gasteiger partial charge in [0.2, 0.25) is 0 Å². The number of nitrogens with one attached hydrogen (secondary N) is 1. The van der Waals surface area contributed by atoms with E-state index in [1.165, 1.54) is 12.4 Å². The lowest BCUT2D eigenvalue weighted by atomic mass is 10.1. The number of carbonyl (C=O) groups excluding carboxylic acids is 1. The predicted molar refractivity (Wildman–Crippen MR) is 62.8 cm³/mol. The summed E-state index contributed by atoms with van der Waals surface area (Å²) < 4.78 is 0. The van der Waals surface area contributed by atoms with Crippen LogP contribution in [0.5, 0.6) is 0 Å². The van der Waals surface area contributed by atoms with Crippen molar-refractivity contribution in [2.24, 2.45) is 5.92 Å². The van der Waals surface area contributed by atoms with Crippen molar-refractivity contribution >= 4 is 11.7 Å². The largest absolute Gasteiger partial charge is 0.382 e. The number of hydrogen-bond acceptors (Lipinski definition) is 4. The van der Waals surface area contributed by atoms with Crippen molar-refractivity contribution in [1.82, 2.24) is 15.3 Å². The second-order valence-electron chi connectivity index (χ2n) is 4.12. The summed E-state index contributed by atoms with van der Waals surface area (Å²) in [5, 5.41) is 2.79. The van der Waals surface area contributed by atoms with Crippen LogP contribution in [0.3, 0.4) is 0 Å². The summed E-state index contributed by atoms with van der Waals surface area (Å²) in [6.07, 6.45) is 4.84. The minimum atomic E-state index is -0.198. The normalized spacial score (nSPS) is 10.4.